The van der Waals surface area contributed by atoms with E-state index in [0.717, 1.165) is 0 Å². The summed E-state index contributed by atoms with van der Waals surface area (Å²) in [5.74, 6) is 1.21. The molecule has 0 atom stereocenters. The Labute approximate surface area is 215 Å². The molecule has 6 rings (SSSR count). The summed E-state index contributed by atoms with van der Waals surface area (Å²) in [6.07, 6.45) is 0. The first-order chi connectivity index (χ1) is 17.9. The summed E-state index contributed by atoms with van der Waals surface area (Å²) < 4.78 is 23.6. The Morgan fingerprint density at radius 1 is 1.03 bits per heavy atom. The van der Waals surface area contributed by atoms with E-state index in [1.807, 2.05) is 0 Å². The molecule has 0 bridgehead atoms. The van der Waals surface area contributed by atoms with Crippen LogP contribution in [-0.4, -0.2) is 35.5 Å². The first-order valence-electron chi connectivity index (χ1n) is 11.2. The molecule has 0 aliphatic carbocycles. The number of anilines is 1. The van der Waals surface area contributed by atoms with Crippen molar-refractivity contribution in [3.63, 3.8) is 0 Å². The molecule has 37 heavy (non-hydrogen) atoms. The molecule has 3 N–H and O–H groups in total. The fraction of sp³-hybridized carbons (Fsp3) is 0.115. The fourth-order valence-corrected chi connectivity index (χ4v) is 4.60. The maximum Gasteiger partial charge on any atom is 0.269 e. The lowest BCUT2D eigenvalue weighted by molar-refractivity contribution is 0.0990. The molecule has 1 aromatic heterocycles. The molecule has 3 heterocycles. The first kappa shape index (κ1) is 22.7. The second-order valence-electron chi connectivity index (χ2n) is 8.29. The first-order valence-corrected chi connectivity index (χ1v) is 11.5. The molecule has 11 heteroatoms. The molecule has 10 nitrogen and oxygen atoms in total. The van der Waals surface area contributed by atoms with Gasteiger partial charge in [0.2, 0.25) is 6.79 Å². The predicted octanol–water partition coefficient (Wildman–Crippen LogP) is 4.17. The van der Waals surface area contributed by atoms with Gasteiger partial charge in [-0.3, -0.25) is 9.59 Å². The molecule has 0 saturated carbocycles. The Morgan fingerprint density at radius 2 is 1.84 bits per heavy atom. The number of carbonyl (C=O) groups excluding carboxylic acids is 2. The minimum atomic E-state index is -0.679. The number of rotatable bonds is 5. The van der Waals surface area contributed by atoms with Crippen LogP contribution in [0.3, 0.4) is 0 Å². The highest BCUT2D eigenvalue weighted by molar-refractivity contribution is 6.34. The summed E-state index contributed by atoms with van der Waals surface area (Å²) >= 11 is 6.28. The molecule has 186 valence electrons. The number of carbonyl (C=O) groups is 2. The number of hydrogen-bond acceptors (Lipinski definition) is 7. The molecule has 0 radical (unpaired) electrons. The molecule has 0 spiro atoms. The number of amides is 2. The summed E-state index contributed by atoms with van der Waals surface area (Å²) in [6.45, 7) is 0.235. The molecular formula is C26H19ClN4O6. The zero-order valence-corrected chi connectivity index (χ0v) is 20.2. The number of nitrogens with zero attached hydrogens (tertiary/aromatic N) is 2. The Balaban J connectivity index is 1.42. The highest BCUT2D eigenvalue weighted by Gasteiger charge is 2.30. The van der Waals surface area contributed by atoms with E-state index in [9.17, 15) is 9.59 Å². The predicted molar refractivity (Wildman–Crippen MR) is 134 cm³/mol. The second kappa shape index (κ2) is 8.75. The van der Waals surface area contributed by atoms with E-state index in [-0.39, 0.29) is 24.1 Å². The van der Waals surface area contributed by atoms with Gasteiger partial charge in [-0.15, -0.1) is 0 Å². The van der Waals surface area contributed by atoms with E-state index in [1.165, 1.54) is 7.11 Å². The van der Waals surface area contributed by atoms with Crippen molar-refractivity contribution in [1.29, 1.82) is 0 Å². The monoisotopic (exact) mass is 518 g/mol. The summed E-state index contributed by atoms with van der Waals surface area (Å²) in [4.78, 5) is 25.2. The lowest BCUT2D eigenvalue weighted by atomic mass is 10.0. The van der Waals surface area contributed by atoms with Gasteiger partial charge >= 0.3 is 0 Å². The van der Waals surface area contributed by atoms with Crippen LogP contribution in [0.5, 0.6) is 23.0 Å². The zero-order valence-electron chi connectivity index (χ0n) is 19.4. The van der Waals surface area contributed by atoms with Crippen molar-refractivity contribution in [2.24, 2.45) is 5.73 Å². The van der Waals surface area contributed by atoms with Gasteiger partial charge in [-0.2, -0.15) is 5.10 Å². The Bertz CT molecular complexity index is 1600. The molecule has 3 aromatic carbocycles. The van der Waals surface area contributed by atoms with Crippen molar-refractivity contribution < 1.29 is 28.5 Å². The normalized spacial score (nSPS) is 12.8. The SMILES string of the molecule is COc1ccc(C(=O)Nc2ccc3c(c2)-c2c(c(C(N)=O)nn2-c2ccc4c(c2)OCO4)CO3)c(Cl)c1. The van der Waals surface area contributed by atoms with Crippen molar-refractivity contribution >= 4 is 29.1 Å². The van der Waals surface area contributed by atoms with Crippen LogP contribution in [0.15, 0.2) is 54.6 Å². The molecule has 0 fully saturated rings. The van der Waals surface area contributed by atoms with Crippen LogP contribution in [-0.2, 0) is 6.61 Å². The molecule has 0 saturated heterocycles. The van der Waals surface area contributed by atoms with Crippen LogP contribution >= 0.6 is 11.6 Å². The minimum Gasteiger partial charge on any atom is -0.497 e. The number of aromatic nitrogens is 2. The number of halogens is 1. The molecule has 2 aliphatic rings. The van der Waals surface area contributed by atoms with Gasteiger partial charge in [-0.05, 0) is 48.5 Å². The summed E-state index contributed by atoms with van der Waals surface area (Å²) in [5, 5.41) is 7.62. The minimum absolute atomic E-state index is 0.0952. The number of benzene rings is 3. The van der Waals surface area contributed by atoms with Gasteiger partial charge < -0.3 is 30.0 Å². The van der Waals surface area contributed by atoms with Crippen molar-refractivity contribution in [3.8, 4) is 39.9 Å². The largest absolute Gasteiger partial charge is 0.497 e. The third kappa shape index (κ3) is 3.87. The Morgan fingerprint density at radius 3 is 2.62 bits per heavy atom. The van der Waals surface area contributed by atoms with Crippen molar-refractivity contribution in [2.45, 2.75) is 6.61 Å². The number of hydrogen-bond donors (Lipinski definition) is 2. The van der Waals surface area contributed by atoms with Crippen molar-refractivity contribution in [3.05, 3.63) is 76.4 Å². The van der Waals surface area contributed by atoms with E-state index in [2.05, 4.69) is 10.4 Å². The fourth-order valence-electron chi connectivity index (χ4n) is 4.34. The second-order valence-corrected chi connectivity index (χ2v) is 8.70. The van der Waals surface area contributed by atoms with E-state index < -0.39 is 11.8 Å². The van der Waals surface area contributed by atoms with Gasteiger partial charge in [-0.25, -0.2) is 4.68 Å². The highest BCUT2D eigenvalue weighted by Crippen LogP contribution is 2.43. The molecule has 0 unspecified atom stereocenters. The van der Waals surface area contributed by atoms with Gasteiger partial charge in [0.05, 0.1) is 29.1 Å². The number of ether oxygens (including phenoxy) is 4. The molecule has 2 aliphatic heterocycles. The lowest BCUT2D eigenvalue weighted by Crippen LogP contribution is -2.16. The number of fused-ring (bicyclic) bond motifs is 4. The molecule has 4 aromatic rings. The average molecular weight is 519 g/mol. The van der Waals surface area contributed by atoms with Gasteiger partial charge in [0.25, 0.3) is 11.8 Å². The maximum atomic E-state index is 13.0. The van der Waals surface area contributed by atoms with E-state index in [0.29, 0.717) is 56.8 Å². The van der Waals surface area contributed by atoms with Gasteiger partial charge in [0, 0.05) is 22.9 Å². The van der Waals surface area contributed by atoms with E-state index in [1.54, 1.807) is 59.3 Å². The number of primary amides is 1. The van der Waals surface area contributed by atoms with Crippen LogP contribution in [0.25, 0.3) is 16.9 Å². The van der Waals surface area contributed by atoms with Crippen LogP contribution in [0.1, 0.15) is 26.4 Å². The number of nitrogens with one attached hydrogen (secondary N) is 1. The Kier molecular flexibility index (Phi) is 5.38. The van der Waals surface area contributed by atoms with E-state index in [4.69, 9.17) is 36.3 Å². The van der Waals surface area contributed by atoms with Crippen LogP contribution < -0.4 is 30.0 Å². The van der Waals surface area contributed by atoms with Gasteiger partial charge in [-0.1, -0.05) is 11.6 Å². The third-order valence-electron chi connectivity index (χ3n) is 6.10. The summed E-state index contributed by atoms with van der Waals surface area (Å²) in [5.41, 5.74) is 8.94. The standard InChI is InChI=1S/C26H19ClN4O6/c1-34-15-4-5-16(19(27)10-15)26(33)29-13-2-6-20-17(8-13)24-18(11-35-20)23(25(28)32)30-31(24)14-3-7-21-22(9-14)37-12-36-21/h2-10H,11-12H2,1H3,(H2,28,32)(H,29,33). The number of nitrogens with two attached hydrogens (primary N) is 1. The van der Waals surface area contributed by atoms with Crippen LogP contribution in [0.4, 0.5) is 5.69 Å². The highest BCUT2D eigenvalue weighted by atomic mass is 35.5. The quantitative estimate of drug-likeness (QED) is 0.406. The third-order valence-corrected chi connectivity index (χ3v) is 6.42. The van der Waals surface area contributed by atoms with Crippen molar-refractivity contribution in [1.82, 2.24) is 9.78 Å². The van der Waals surface area contributed by atoms with Gasteiger partial charge in [0.1, 0.15) is 18.1 Å². The van der Waals surface area contributed by atoms with Crippen LogP contribution in [0, 0.1) is 0 Å². The van der Waals surface area contributed by atoms with Gasteiger partial charge in [0.15, 0.2) is 17.2 Å². The number of methoxy groups -OCH3 is 1. The summed E-state index contributed by atoms with van der Waals surface area (Å²) in [7, 11) is 1.52. The molecular weight excluding hydrogens is 500 g/mol. The van der Waals surface area contributed by atoms with Crippen LogP contribution in [0.2, 0.25) is 5.02 Å². The molecule has 2 amide bonds. The smallest absolute Gasteiger partial charge is 0.269 e. The Hall–Kier alpha value is -4.70. The topological polar surface area (TPSA) is 127 Å². The maximum absolute atomic E-state index is 13.0. The average Bonchev–Trinajstić information content (AvgIpc) is 3.53. The zero-order chi connectivity index (χ0) is 25.7. The van der Waals surface area contributed by atoms with E-state index >= 15 is 0 Å². The summed E-state index contributed by atoms with van der Waals surface area (Å²) in [6, 6.07) is 15.4. The lowest BCUT2D eigenvalue weighted by Gasteiger charge is -2.21. The van der Waals surface area contributed by atoms with Crippen molar-refractivity contribution in [2.75, 3.05) is 19.2 Å².